The molecular weight excluding hydrogens is 620 g/mol. The zero-order valence-corrected chi connectivity index (χ0v) is 28.7. The van der Waals surface area contributed by atoms with Crippen molar-refractivity contribution in [2.75, 3.05) is 59.4 Å². The molecule has 0 radical (unpaired) electrons. The fourth-order valence-corrected chi connectivity index (χ4v) is 8.01. The van der Waals surface area contributed by atoms with Crippen LogP contribution in [-0.4, -0.2) is 118 Å². The van der Waals surface area contributed by atoms with E-state index in [1.165, 1.54) is 41.5 Å². The number of piperidine rings is 2. The molecule has 1 aromatic heterocycles. The van der Waals surface area contributed by atoms with Gasteiger partial charge in [-0.1, -0.05) is 48.5 Å². The minimum absolute atomic E-state index is 0.0523. The van der Waals surface area contributed by atoms with Gasteiger partial charge in [0, 0.05) is 57.3 Å². The van der Waals surface area contributed by atoms with Crippen molar-refractivity contribution >= 4 is 12.0 Å². The van der Waals surface area contributed by atoms with Crippen molar-refractivity contribution in [2.45, 2.75) is 75.9 Å². The van der Waals surface area contributed by atoms with Gasteiger partial charge in [-0.05, 0) is 88.2 Å². The highest BCUT2D eigenvalue weighted by atomic mass is 16.7. The topological polar surface area (TPSA) is 119 Å². The molecule has 4 heterocycles. The first-order chi connectivity index (χ1) is 23.9. The van der Waals surface area contributed by atoms with Crippen molar-refractivity contribution in [3.8, 4) is 11.4 Å². The third-order valence-electron chi connectivity index (χ3n) is 10.9. The van der Waals surface area contributed by atoms with Crippen molar-refractivity contribution in [1.29, 1.82) is 0 Å². The molecule has 262 valence electrons. The first kappa shape index (κ1) is 33.5. The van der Waals surface area contributed by atoms with Crippen molar-refractivity contribution in [3.05, 3.63) is 75.7 Å². The molecule has 1 aliphatic carbocycles. The lowest BCUT2D eigenvalue weighted by atomic mass is 9.89. The SMILES string of the molecule is CN1CCC(N2CCN(C(=O)[C@@H](Cc3ccc4c(c3)CCCC4)NC(=O)ON3CCC(n4nc(-c5ccccc5)[nH]c4=O)CC3)CC2)CC1. The molecule has 2 amide bonds. The van der Waals surface area contributed by atoms with Crippen LogP contribution in [0.15, 0.2) is 53.3 Å². The van der Waals surface area contributed by atoms with E-state index in [2.05, 4.69) is 50.4 Å². The minimum atomic E-state index is -0.722. The van der Waals surface area contributed by atoms with Crippen LogP contribution in [0.1, 0.15) is 61.3 Å². The molecule has 3 saturated heterocycles. The number of piperazine rings is 1. The van der Waals surface area contributed by atoms with Crippen LogP contribution >= 0.6 is 0 Å². The number of aromatic nitrogens is 3. The number of amides is 2. The van der Waals surface area contributed by atoms with Crippen molar-refractivity contribution < 1.29 is 14.4 Å². The molecule has 12 heteroatoms. The fraction of sp³-hybridized carbons (Fsp3) is 0.568. The number of aryl methyl sites for hydroxylation is 2. The Labute approximate surface area is 288 Å². The quantitative estimate of drug-likeness (QED) is 0.375. The van der Waals surface area contributed by atoms with Gasteiger partial charge in [-0.25, -0.2) is 14.3 Å². The molecule has 4 aliphatic rings. The van der Waals surface area contributed by atoms with Gasteiger partial charge in [-0.3, -0.25) is 14.7 Å². The summed E-state index contributed by atoms with van der Waals surface area (Å²) in [6.45, 7) is 6.19. The molecular formula is C37H50N8O4. The van der Waals surface area contributed by atoms with Crippen LogP contribution in [-0.2, 0) is 28.9 Å². The average molecular weight is 671 g/mol. The first-order valence-electron chi connectivity index (χ1n) is 18.2. The number of hydrogen-bond acceptors (Lipinski definition) is 8. The normalized spacial score (nSPS) is 20.9. The number of nitrogens with zero attached hydrogens (tertiary/aromatic N) is 6. The highest BCUT2D eigenvalue weighted by Crippen LogP contribution is 2.25. The van der Waals surface area contributed by atoms with Crippen molar-refractivity contribution in [2.24, 2.45) is 0 Å². The van der Waals surface area contributed by atoms with Crippen LogP contribution in [0.4, 0.5) is 4.79 Å². The Balaban J connectivity index is 0.968. The summed E-state index contributed by atoms with van der Waals surface area (Å²) in [5.41, 5.74) is 4.43. The zero-order chi connectivity index (χ0) is 33.7. The summed E-state index contributed by atoms with van der Waals surface area (Å²) < 4.78 is 1.51. The second kappa shape index (κ2) is 15.3. The van der Waals surface area contributed by atoms with Gasteiger partial charge >= 0.3 is 11.8 Å². The lowest BCUT2D eigenvalue weighted by Gasteiger charge is -2.42. The van der Waals surface area contributed by atoms with Gasteiger partial charge in [-0.15, -0.1) is 10.2 Å². The van der Waals surface area contributed by atoms with Gasteiger partial charge in [0.1, 0.15) is 6.04 Å². The molecule has 3 aliphatic heterocycles. The van der Waals surface area contributed by atoms with Gasteiger partial charge < -0.3 is 20.0 Å². The Hall–Kier alpha value is -4.00. The molecule has 3 fully saturated rings. The number of hydrogen-bond donors (Lipinski definition) is 2. The Kier molecular flexibility index (Phi) is 10.4. The number of carbonyl (C=O) groups excluding carboxylic acids is 2. The summed E-state index contributed by atoms with van der Waals surface area (Å²) >= 11 is 0. The van der Waals surface area contributed by atoms with Crippen LogP contribution in [0.5, 0.6) is 0 Å². The van der Waals surface area contributed by atoms with Crippen LogP contribution in [0.3, 0.4) is 0 Å². The van der Waals surface area contributed by atoms with E-state index < -0.39 is 12.1 Å². The largest absolute Gasteiger partial charge is 0.426 e. The maximum Gasteiger partial charge on any atom is 0.426 e. The molecule has 1 atom stereocenters. The van der Waals surface area contributed by atoms with Gasteiger partial charge in [0.2, 0.25) is 5.91 Å². The molecule has 0 unspecified atom stereocenters. The number of benzene rings is 2. The van der Waals surface area contributed by atoms with Crippen molar-refractivity contribution in [3.63, 3.8) is 0 Å². The van der Waals surface area contributed by atoms with Crippen LogP contribution in [0.2, 0.25) is 0 Å². The monoisotopic (exact) mass is 670 g/mol. The van der Waals surface area contributed by atoms with E-state index >= 15 is 0 Å². The van der Waals surface area contributed by atoms with E-state index in [0.717, 1.165) is 50.1 Å². The molecule has 2 aromatic carbocycles. The lowest BCUT2D eigenvalue weighted by Crippen LogP contribution is -2.58. The number of hydroxylamine groups is 2. The summed E-state index contributed by atoms with van der Waals surface area (Å²) in [6, 6.07) is 15.9. The molecule has 0 spiro atoms. The molecule has 49 heavy (non-hydrogen) atoms. The molecule has 12 nitrogen and oxygen atoms in total. The van der Waals surface area contributed by atoms with Gasteiger partial charge in [0.05, 0.1) is 6.04 Å². The van der Waals surface area contributed by atoms with Crippen LogP contribution < -0.4 is 11.0 Å². The van der Waals surface area contributed by atoms with E-state index in [1.54, 1.807) is 5.06 Å². The number of H-pyrrole nitrogens is 1. The number of nitrogens with one attached hydrogen (secondary N) is 2. The summed E-state index contributed by atoms with van der Waals surface area (Å²) in [5.74, 6) is 0.491. The third kappa shape index (κ3) is 8.08. The predicted octanol–water partition coefficient (Wildman–Crippen LogP) is 3.25. The standard InChI is InChI=1S/C37H50N8O4/c1-41-17-13-31(14-18-41)42-21-23-43(24-22-42)35(46)33(26-27-11-12-28-7-5-6-10-30(28)25-27)38-37(48)49-44-19-15-32(16-20-44)45-36(47)39-34(40-45)29-8-3-2-4-9-29/h2-4,8-9,11-12,25,31-33H,5-7,10,13-24,26H2,1H3,(H,38,48)(H,39,40,47)/t33-/m1/s1. The Morgan fingerprint density at radius 2 is 1.57 bits per heavy atom. The summed E-state index contributed by atoms with van der Waals surface area (Å²) in [4.78, 5) is 55.6. The Bertz CT molecular complexity index is 1630. The summed E-state index contributed by atoms with van der Waals surface area (Å²) in [7, 11) is 2.18. The maximum absolute atomic E-state index is 14.1. The van der Waals surface area contributed by atoms with Crippen molar-refractivity contribution in [1.82, 2.24) is 39.8 Å². The first-order valence-corrected chi connectivity index (χ1v) is 18.2. The van der Waals surface area contributed by atoms with E-state index in [0.29, 0.717) is 57.3 Å². The maximum atomic E-state index is 14.1. The Morgan fingerprint density at radius 3 is 2.31 bits per heavy atom. The molecule has 2 N–H and O–H groups in total. The Morgan fingerprint density at radius 1 is 0.878 bits per heavy atom. The molecule has 7 rings (SSSR count). The van der Waals surface area contributed by atoms with Crippen LogP contribution in [0.25, 0.3) is 11.4 Å². The second-order valence-electron chi connectivity index (χ2n) is 14.2. The summed E-state index contributed by atoms with van der Waals surface area (Å²) in [6.07, 6.45) is 7.91. The second-order valence-corrected chi connectivity index (χ2v) is 14.2. The zero-order valence-electron chi connectivity index (χ0n) is 28.7. The smallest absolute Gasteiger partial charge is 0.351 e. The average Bonchev–Trinajstić information content (AvgIpc) is 3.53. The van der Waals surface area contributed by atoms with E-state index in [4.69, 9.17) is 4.84 Å². The predicted molar refractivity (Wildman–Crippen MR) is 187 cm³/mol. The highest BCUT2D eigenvalue weighted by Gasteiger charge is 2.33. The van der Waals surface area contributed by atoms with Gasteiger partial charge in [0.15, 0.2) is 5.82 Å². The lowest BCUT2D eigenvalue weighted by molar-refractivity contribution is -0.137. The minimum Gasteiger partial charge on any atom is -0.351 e. The molecule has 0 bridgehead atoms. The van der Waals surface area contributed by atoms with E-state index in [9.17, 15) is 14.4 Å². The van der Waals surface area contributed by atoms with Crippen LogP contribution in [0, 0.1) is 0 Å². The number of aromatic amines is 1. The number of carbonyl (C=O) groups is 2. The number of rotatable bonds is 8. The van der Waals surface area contributed by atoms with Gasteiger partial charge in [0.25, 0.3) is 0 Å². The molecule has 3 aromatic rings. The van der Waals surface area contributed by atoms with E-state index in [1.807, 2.05) is 35.2 Å². The molecule has 0 saturated carbocycles. The number of likely N-dealkylation sites (tertiary alicyclic amines) is 1. The van der Waals surface area contributed by atoms with Gasteiger partial charge in [-0.2, -0.15) is 0 Å². The fourth-order valence-electron chi connectivity index (χ4n) is 8.01. The number of fused-ring (bicyclic) bond motifs is 1. The summed E-state index contributed by atoms with van der Waals surface area (Å²) in [5, 5.41) is 9.14. The third-order valence-corrected chi connectivity index (χ3v) is 10.9. The van der Waals surface area contributed by atoms with E-state index in [-0.39, 0.29) is 17.6 Å². The highest BCUT2D eigenvalue weighted by molar-refractivity contribution is 5.86.